The van der Waals surface area contributed by atoms with Crippen LogP contribution < -0.4 is 14.8 Å². The summed E-state index contributed by atoms with van der Waals surface area (Å²) >= 11 is 7.49. The number of aryl methyl sites for hydroxylation is 1. The minimum atomic E-state index is -0.575. The fourth-order valence-corrected chi connectivity index (χ4v) is 4.94. The Balaban J connectivity index is 1.76. The van der Waals surface area contributed by atoms with Gasteiger partial charge in [0.05, 0.1) is 25.8 Å². The van der Waals surface area contributed by atoms with Crippen molar-refractivity contribution in [2.75, 3.05) is 32.6 Å². The SMILES string of the molecule is COc1ccc(CCN(Cc2ccc(C)s2)C(=O)CN(C(=O)Nc2ccc(F)c(Cl)c2)C(C)C)cc1OC. The number of hydrogen-bond donors (Lipinski definition) is 1. The average Bonchev–Trinajstić information content (AvgIpc) is 3.30. The van der Waals surface area contributed by atoms with E-state index in [-0.39, 0.29) is 23.5 Å². The monoisotopic (exact) mass is 561 g/mol. The Bertz CT molecular complexity index is 1270. The fourth-order valence-electron chi connectivity index (χ4n) is 3.85. The van der Waals surface area contributed by atoms with E-state index in [0.29, 0.717) is 36.7 Å². The maximum Gasteiger partial charge on any atom is 0.322 e. The molecule has 0 saturated carbocycles. The van der Waals surface area contributed by atoms with Crippen LogP contribution in [0.15, 0.2) is 48.5 Å². The van der Waals surface area contributed by atoms with E-state index < -0.39 is 11.8 Å². The summed E-state index contributed by atoms with van der Waals surface area (Å²) in [5, 5.41) is 2.62. The van der Waals surface area contributed by atoms with E-state index in [1.54, 1.807) is 30.5 Å². The van der Waals surface area contributed by atoms with E-state index in [1.165, 1.54) is 23.1 Å². The maximum absolute atomic E-state index is 13.6. The predicted octanol–water partition coefficient (Wildman–Crippen LogP) is 6.38. The van der Waals surface area contributed by atoms with Gasteiger partial charge in [0.25, 0.3) is 0 Å². The number of nitrogens with one attached hydrogen (secondary N) is 1. The van der Waals surface area contributed by atoms with Gasteiger partial charge in [-0.15, -0.1) is 11.3 Å². The second-order valence-electron chi connectivity index (χ2n) is 9.05. The summed E-state index contributed by atoms with van der Waals surface area (Å²) in [7, 11) is 3.17. The highest BCUT2D eigenvalue weighted by Gasteiger charge is 2.24. The molecule has 1 N–H and O–H groups in total. The molecule has 0 saturated heterocycles. The van der Waals surface area contributed by atoms with Gasteiger partial charge < -0.3 is 24.6 Å². The molecule has 0 aliphatic carbocycles. The van der Waals surface area contributed by atoms with Crippen LogP contribution in [0.5, 0.6) is 11.5 Å². The first-order chi connectivity index (χ1) is 18.1. The van der Waals surface area contributed by atoms with Gasteiger partial charge in [0.15, 0.2) is 11.5 Å². The summed E-state index contributed by atoms with van der Waals surface area (Å²) in [5.74, 6) is 0.506. The third kappa shape index (κ3) is 7.85. The second kappa shape index (κ2) is 13.5. The van der Waals surface area contributed by atoms with Crippen molar-refractivity contribution in [1.29, 1.82) is 0 Å². The normalized spacial score (nSPS) is 10.8. The number of anilines is 1. The van der Waals surface area contributed by atoms with Crippen LogP contribution in [0.3, 0.4) is 0 Å². The van der Waals surface area contributed by atoms with Gasteiger partial charge in [0, 0.05) is 28.0 Å². The standard InChI is InChI=1S/C28H33ClFN3O4S/c1-18(2)33(28(35)31-21-8-10-24(30)23(29)15-21)17-27(34)32(16-22-9-6-19(3)38-22)13-12-20-7-11-25(36-4)26(14-20)37-5/h6-11,14-15,18H,12-13,16-17H2,1-5H3,(H,31,35). The number of urea groups is 1. The van der Waals surface area contributed by atoms with Crippen molar-refractivity contribution < 1.29 is 23.5 Å². The zero-order valence-electron chi connectivity index (χ0n) is 22.2. The summed E-state index contributed by atoms with van der Waals surface area (Å²) < 4.78 is 24.3. The lowest BCUT2D eigenvalue weighted by atomic mass is 10.1. The first-order valence-corrected chi connectivity index (χ1v) is 13.4. The topological polar surface area (TPSA) is 71.1 Å². The zero-order chi connectivity index (χ0) is 27.8. The van der Waals surface area contributed by atoms with Crippen LogP contribution in [0.2, 0.25) is 5.02 Å². The molecule has 0 unspecified atom stereocenters. The molecule has 1 aromatic heterocycles. The van der Waals surface area contributed by atoms with Gasteiger partial charge in [0.2, 0.25) is 5.91 Å². The summed E-state index contributed by atoms with van der Waals surface area (Å²) in [6.07, 6.45) is 0.596. The minimum Gasteiger partial charge on any atom is -0.493 e. The van der Waals surface area contributed by atoms with Crippen LogP contribution in [0, 0.1) is 12.7 Å². The number of methoxy groups -OCH3 is 2. The first kappa shape index (κ1) is 29.3. The highest BCUT2D eigenvalue weighted by Crippen LogP contribution is 2.28. The number of benzene rings is 2. The fraction of sp³-hybridized carbons (Fsp3) is 0.357. The summed E-state index contributed by atoms with van der Waals surface area (Å²) in [4.78, 5) is 32.1. The van der Waals surface area contributed by atoms with Crippen molar-refractivity contribution >= 4 is 40.6 Å². The molecular weight excluding hydrogens is 529 g/mol. The van der Waals surface area contributed by atoms with E-state index in [9.17, 15) is 14.0 Å². The molecule has 1 heterocycles. The number of amides is 3. The Morgan fingerprint density at radius 2 is 1.79 bits per heavy atom. The smallest absolute Gasteiger partial charge is 0.322 e. The van der Waals surface area contributed by atoms with E-state index in [0.717, 1.165) is 15.3 Å². The molecule has 0 radical (unpaired) electrons. The van der Waals surface area contributed by atoms with Crippen molar-refractivity contribution in [2.45, 2.75) is 39.8 Å². The molecule has 204 valence electrons. The second-order valence-corrected chi connectivity index (χ2v) is 10.8. The van der Waals surface area contributed by atoms with Crippen LogP contribution in [0.1, 0.15) is 29.2 Å². The van der Waals surface area contributed by atoms with Gasteiger partial charge >= 0.3 is 6.03 Å². The third-order valence-corrected chi connectivity index (χ3v) is 7.25. The predicted molar refractivity (Wildman–Crippen MR) is 150 cm³/mol. The van der Waals surface area contributed by atoms with Gasteiger partial charge in [-0.2, -0.15) is 0 Å². The van der Waals surface area contributed by atoms with E-state index >= 15 is 0 Å². The minimum absolute atomic E-state index is 0.0949. The Morgan fingerprint density at radius 1 is 1.05 bits per heavy atom. The van der Waals surface area contributed by atoms with Crippen LogP contribution in [-0.2, 0) is 17.8 Å². The molecule has 0 spiro atoms. The highest BCUT2D eigenvalue weighted by molar-refractivity contribution is 7.11. The zero-order valence-corrected chi connectivity index (χ0v) is 23.8. The molecule has 0 atom stereocenters. The Hall–Kier alpha value is -3.30. The Labute approximate surface area is 232 Å². The molecule has 3 amide bonds. The Morgan fingerprint density at radius 3 is 2.39 bits per heavy atom. The summed E-state index contributed by atoms with van der Waals surface area (Å²) in [6, 6.07) is 12.9. The van der Waals surface area contributed by atoms with Crippen LogP contribution in [0.4, 0.5) is 14.9 Å². The van der Waals surface area contributed by atoms with E-state index in [1.807, 2.05) is 51.1 Å². The lowest BCUT2D eigenvalue weighted by molar-refractivity contribution is -0.132. The number of carbonyl (C=O) groups is 2. The number of ether oxygens (including phenoxy) is 2. The molecule has 3 aromatic rings. The lowest BCUT2D eigenvalue weighted by Crippen LogP contribution is -2.47. The lowest BCUT2D eigenvalue weighted by Gasteiger charge is -2.30. The number of nitrogens with zero attached hydrogens (tertiary/aromatic N) is 2. The van der Waals surface area contributed by atoms with Gasteiger partial charge in [-0.25, -0.2) is 9.18 Å². The number of hydrogen-bond acceptors (Lipinski definition) is 5. The summed E-state index contributed by atoms with van der Waals surface area (Å²) in [5.41, 5.74) is 1.34. The number of carbonyl (C=O) groups excluding carboxylic acids is 2. The van der Waals surface area contributed by atoms with Crippen LogP contribution in [-0.4, -0.2) is 55.1 Å². The molecule has 0 bridgehead atoms. The Kier molecular flexibility index (Phi) is 10.4. The van der Waals surface area contributed by atoms with Gasteiger partial charge in [-0.05, 0) is 75.2 Å². The van der Waals surface area contributed by atoms with Gasteiger partial charge in [0.1, 0.15) is 12.4 Å². The molecule has 0 fully saturated rings. The summed E-state index contributed by atoms with van der Waals surface area (Å²) in [6.45, 7) is 6.46. The maximum atomic E-state index is 13.6. The molecular formula is C28H33ClFN3O4S. The van der Waals surface area contributed by atoms with Crippen molar-refractivity contribution in [3.63, 3.8) is 0 Å². The van der Waals surface area contributed by atoms with Gasteiger partial charge in [-0.1, -0.05) is 17.7 Å². The number of rotatable bonds is 11. The largest absolute Gasteiger partial charge is 0.493 e. The molecule has 0 aliphatic heterocycles. The third-order valence-electron chi connectivity index (χ3n) is 5.97. The van der Waals surface area contributed by atoms with Crippen LogP contribution in [0.25, 0.3) is 0 Å². The van der Waals surface area contributed by atoms with Crippen molar-refractivity contribution in [3.05, 3.63) is 74.7 Å². The molecule has 7 nitrogen and oxygen atoms in total. The van der Waals surface area contributed by atoms with Crippen molar-refractivity contribution in [1.82, 2.24) is 9.80 Å². The first-order valence-electron chi connectivity index (χ1n) is 12.2. The average molecular weight is 562 g/mol. The van der Waals surface area contributed by atoms with Crippen molar-refractivity contribution in [3.8, 4) is 11.5 Å². The van der Waals surface area contributed by atoms with E-state index in [4.69, 9.17) is 21.1 Å². The van der Waals surface area contributed by atoms with E-state index in [2.05, 4.69) is 5.32 Å². The number of halogens is 2. The molecule has 10 heteroatoms. The number of thiophene rings is 1. The quantitative estimate of drug-likeness (QED) is 0.295. The molecule has 0 aliphatic rings. The highest BCUT2D eigenvalue weighted by atomic mass is 35.5. The molecule has 3 rings (SSSR count). The van der Waals surface area contributed by atoms with Gasteiger partial charge in [-0.3, -0.25) is 4.79 Å². The molecule has 2 aromatic carbocycles. The van der Waals surface area contributed by atoms with Crippen LogP contribution >= 0.6 is 22.9 Å². The van der Waals surface area contributed by atoms with Crippen molar-refractivity contribution in [2.24, 2.45) is 0 Å². The molecule has 38 heavy (non-hydrogen) atoms.